The van der Waals surface area contributed by atoms with E-state index >= 15 is 0 Å². The number of anilines is 1. The number of likely N-dealkylation sites (N-methyl/N-ethyl adjacent to an activating group) is 1. The maximum Gasteiger partial charge on any atom is 0.406 e. The number of nitrogens with zero attached hydrogens (tertiary/aromatic N) is 2. The van der Waals surface area contributed by atoms with Gasteiger partial charge >= 0.3 is 6.18 Å². The zero-order valence-corrected chi connectivity index (χ0v) is 17.1. The van der Waals surface area contributed by atoms with E-state index in [1.165, 1.54) is 21.3 Å². The minimum atomic E-state index is -4.44. The van der Waals surface area contributed by atoms with E-state index in [9.17, 15) is 18.0 Å². The van der Waals surface area contributed by atoms with E-state index in [1.807, 2.05) is 0 Å². The molecule has 0 radical (unpaired) electrons. The Morgan fingerprint density at radius 1 is 1.23 bits per heavy atom. The van der Waals surface area contributed by atoms with Crippen LogP contribution in [0.2, 0.25) is 0 Å². The number of carbonyl (C=O) groups is 1. The molecule has 7 nitrogen and oxygen atoms in total. The molecule has 0 atom stereocenters. The van der Waals surface area contributed by atoms with Crippen LogP contribution in [0.15, 0.2) is 23.2 Å². The highest BCUT2D eigenvalue weighted by molar-refractivity contribution is 14.0. The average molecular weight is 490 g/mol. The molecular formula is C15H22F3IN4O3. The zero-order chi connectivity index (χ0) is 19.0. The zero-order valence-electron chi connectivity index (χ0n) is 14.8. The average Bonchev–Trinajstić information content (AvgIpc) is 2.56. The lowest BCUT2D eigenvalue weighted by Gasteiger charge is -2.20. The number of methoxy groups -OCH3 is 2. The number of hydrogen-bond acceptors (Lipinski definition) is 4. The third-order valence-electron chi connectivity index (χ3n) is 3.12. The van der Waals surface area contributed by atoms with Crippen molar-refractivity contribution in [1.82, 2.24) is 10.2 Å². The number of rotatable bonds is 6. The van der Waals surface area contributed by atoms with Crippen LogP contribution in [-0.4, -0.2) is 64.3 Å². The Bertz CT molecular complexity index is 627. The second-order valence-electron chi connectivity index (χ2n) is 4.99. The Morgan fingerprint density at radius 2 is 1.85 bits per heavy atom. The lowest BCUT2D eigenvalue weighted by Crippen LogP contribution is -2.43. The standard InChI is InChI=1S/C15H21F3N4O3.HI/c1-19-14(20-8-13(23)22(2)9-15(16,17)18)21-10-5-6-11(24-3)12(7-10)25-4;/h5-7H,8-9H2,1-4H3,(H2,19,20,21);1H. The van der Waals surface area contributed by atoms with Gasteiger partial charge in [-0.15, -0.1) is 24.0 Å². The smallest absolute Gasteiger partial charge is 0.406 e. The molecule has 0 aliphatic heterocycles. The number of nitrogens with one attached hydrogen (secondary N) is 2. The van der Waals surface area contributed by atoms with Crippen LogP contribution in [0.4, 0.5) is 18.9 Å². The largest absolute Gasteiger partial charge is 0.493 e. The van der Waals surface area contributed by atoms with Gasteiger partial charge in [0, 0.05) is 25.8 Å². The molecular weight excluding hydrogens is 468 g/mol. The number of aliphatic imine (C=N–C) groups is 1. The minimum Gasteiger partial charge on any atom is -0.493 e. The van der Waals surface area contributed by atoms with E-state index in [0.29, 0.717) is 22.1 Å². The molecule has 148 valence electrons. The summed E-state index contributed by atoms with van der Waals surface area (Å²) in [6.07, 6.45) is -4.44. The van der Waals surface area contributed by atoms with Gasteiger partial charge in [-0.3, -0.25) is 9.79 Å². The molecule has 0 fully saturated rings. The first kappa shape index (κ1) is 24.1. The molecule has 0 unspecified atom stereocenters. The SMILES string of the molecule is CN=C(NCC(=O)N(C)CC(F)(F)F)Nc1ccc(OC)c(OC)c1.I. The van der Waals surface area contributed by atoms with Crippen LogP contribution in [0.1, 0.15) is 0 Å². The first-order valence-corrected chi connectivity index (χ1v) is 7.20. The van der Waals surface area contributed by atoms with Crippen LogP contribution >= 0.6 is 24.0 Å². The summed E-state index contributed by atoms with van der Waals surface area (Å²) in [6.45, 7) is -1.64. The van der Waals surface area contributed by atoms with Gasteiger partial charge in [-0.2, -0.15) is 13.2 Å². The predicted octanol–water partition coefficient (Wildman–Crippen LogP) is 2.33. The van der Waals surface area contributed by atoms with Gasteiger partial charge in [0.25, 0.3) is 0 Å². The fraction of sp³-hybridized carbons (Fsp3) is 0.467. The van der Waals surface area contributed by atoms with E-state index in [1.54, 1.807) is 18.2 Å². The van der Waals surface area contributed by atoms with Gasteiger partial charge in [-0.1, -0.05) is 0 Å². The quantitative estimate of drug-likeness (QED) is 0.364. The van der Waals surface area contributed by atoms with Crippen molar-refractivity contribution in [3.63, 3.8) is 0 Å². The maximum atomic E-state index is 12.3. The Labute approximate surface area is 166 Å². The van der Waals surface area contributed by atoms with Crippen molar-refractivity contribution < 1.29 is 27.4 Å². The van der Waals surface area contributed by atoms with Crippen LogP contribution in [0.5, 0.6) is 11.5 Å². The Kier molecular flexibility index (Phi) is 10.1. The van der Waals surface area contributed by atoms with E-state index < -0.39 is 18.6 Å². The van der Waals surface area contributed by atoms with Crippen molar-refractivity contribution in [2.24, 2.45) is 4.99 Å². The maximum absolute atomic E-state index is 12.3. The highest BCUT2D eigenvalue weighted by atomic mass is 127. The monoisotopic (exact) mass is 490 g/mol. The number of benzene rings is 1. The molecule has 11 heteroatoms. The van der Waals surface area contributed by atoms with Gasteiger partial charge < -0.3 is 25.0 Å². The molecule has 0 spiro atoms. The third-order valence-corrected chi connectivity index (χ3v) is 3.12. The van der Waals surface area contributed by atoms with Gasteiger partial charge in [0.15, 0.2) is 17.5 Å². The molecule has 0 aromatic heterocycles. The summed E-state index contributed by atoms with van der Waals surface area (Å²) in [7, 11) is 5.56. The summed E-state index contributed by atoms with van der Waals surface area (Å²) < 4.78 is 47.1. The number of guanidine groups is 1. The second kappa shape index (κ2) is 10.9. The molecule has 0 heterocycles. The third kappa shape index (κ3) is 7.97. The molecule has 1 aromatic carbocycles. The molecule has 26 heavy (non-hydrogen) atoms. The van der Waals surface area contributed by atoms with Crippen LogP contribution in [0.3, 0.4) is 0 Å². The van der Waals surface area contributed by atoms with Crippen LogP contribution < -0.4 is 20.1 Å². The Morgan fingerprint density at radius 3 is 2.35 bits per heavy atom. The molecule has 0 aliphatic rings. The highest BCUT2D eigenvalue weighted by Crippen LogP contribution is 2.29. The first-order valence-electron chi connectivity index (χ1n) is 7.20. The van der Waals surface area contributed by atoms with Crippen molar-refractivity contribution >= 4 is 41.5 Å². The molecule has 1 amide bonds. The van der Waals surface area contributed by atoms with Crippen molar-refractivity contribution in [3.05, 3.63) is 18.2 Å². The fourth-order valence-electron chi connectivity index (χ4n) is 1.88. The summed E-state index contributed by atoms with van der Waals surface area (Å²) in [5, 5.41) is 5.57. The highest BCUT2D eigenvalue weighted by Gasteiger charge is 2.31. The number of ether oxygens (including phenoxy) is 2. The predicted molar refractivity (Wildman–Crippen MR) is 104 cm³/mol. The minimum absolute atomic E-state index is 0. The Hall–Kier alpha value is -1.92. The van der Waals surface area contributed by atoms with E-state index in [2.05, 4.69) is 15.6 Å². The van der Waals surface area contributed by atoms with Crippen molar-refractivity contribution in [3.8, 4) is 11.5 Å². The van der Waals surface area contributed by atoms with E-state index in [-0.39, 0.29) is 36.5 Å². The van der Waals surface area contributed by atoms with Crippen LogP contribution in [-0.2, 0) is 4.79 Å². The number of alkyl halides is 3. The number of amides is 1. The van der Waals surface area contributed by atoms with Gasteiger partial charge in [-0.05, 0) is 12.1 Å². The first-order chi connectivity index (χ1) is 11.7. The van der Waals surface area contributed by atoms with Crippen molar-refractivity contribution in [1.29, 1.82) is 0 Å². The van der Waals surface area contributed by atoms with Gasteiger partial charge in [0.05, 0.1) is 20.8 Å². The number of carbonyl (C=O) groups excluding carboxylic acids is 1. The van der Waals surface area contributed by atoms with Crippen molar-refractivity contribution in [2.75, 3.05) is 46.7 Å². The summed E-state index contributed by atoms with van der Waals surface area (Å²) in [6, 6.07) is 5.03. The molecule has 0 aliphatic carbocycles. The van der Waals surface area contributed by atoms with Gasteiger partial charge in [0.1, 0.15) is 6.54 Å². The summed E-state index contributed by atoms with van der Waals surface area (Å²) in [5.74, 6) is 0.539. The van der Waals surface area contributed by atoms with Gasteiger partial charge in [0.2, 0.25) is 5.91 Å². The number of hydrogen-bond donors (Lipinski definition) is 2. The summed E-state index contributed by atoms with van der Waals surface area (Å²) in [5.41, 5.74) is 0.599. The normalized spacial score (nSPS) is 11.3. The topological polar surface area (TPSA) is 75.2 Å². The Balaban J connectivity index is 0.00000625. The lowest BCUT2D eigenvalue weighted by atomic mass is 10.3. The molecule has 0 bridgehead atoms. The molecule has 1 aromatic rings. The molecule has 2 N–H and O–H groups in total. The fourth-order valence-corrected chi connectivity index (χ4v) is 1.88. The summed E-state index contributed by atoms with van der Waals surface area (Å²) in [4.78, 5) is 16.2. The van der Waals surface area contributed by atoms with E-state index in [0.717, 1.165) is 7.05 Å². The van der Waals surface area contributed by atoms with Crippen LogP contribution in [0, 0.1) is 0 Å². The van der Waals surface area contributed by atoms with E-state index in [4.69, 9.17) is 9.47 Å². The summed E-state index contributed by atoms with van der Waals surface area (Å²) >= 11 is 0. The second-order valence-corrected chi connectivity index (χ2v) is 4.99. The van der Waals surface area contributed by atoms with Gasteiger partial charge in [-0.25, -0.2) is 0 Å². The number of halogens is 4. The molecule has 0 saturated heterocycles. The molecule has 1 rings (SSSR count). The van der Waals surface area contributed by atoms with Crippen LogP contribution in [0.25, 0.3) is 0 Å². The molecule has 0 saturated carbocycles. The van der Waals surface area contributed by atoms with Crippen molar-refractivity contribution in [2.45, 2.75) is 6.18 Å². The lowest BCUT2D eigenvalue weighted by molar-refractivity contribution is -0.157.